The molecular weight excluding hydrogens is 483 g/mol. The van der Waals surface area contributed by atoms with Crippen LogP contribution in [0, 0.1) is 14.1 Å². The Morgan fingerprint density at radius 1 is 0.733 bits per heavy atom. The third-order valence-electron chi connectivity index (χ3n) is 5.38. The largest absolute Gasteiger partial charge is 0.491 e. The molecule has 2 rings (SSSR count). The van der Waals surface area contributed by atoms with Crippen LogP contribution >= 0.6 is 0 Å². The molecule has 0 aliphatic carbocycles. The van der Waals surface area contributed by atoms with Crippen molar-refractivity contribution in [2.24, 2.45) is 0 Å². The van der Waals surface area contributed by atoms with E-state index in [-0.39, 0.29) is 27.3 Å². The standard InChI is InChI=1S/C27H40IO2/c1-3-4-5-6-7-8-9-10-11-12-13-26(29)22-30-27-20-18-25(19-21-27)28-24-16-14-23(2)15-17-24/h14-21,26,29H,3-13,22H2,1-2H3/q+1. The third-order valence-corrected chi connectivity index (χ3v) is 8.06. The first kappa shape index (κ1) is 25.2. The summed E-state index contributed by atoms with van der Waals surface area (Å²) in [5, 5.41) is 10.2. The quantitative estimate of drug-likeness (QED) is 0.264. The van der Waals surface area contributed by atoms with Crippen molar-refractivity contribution in [3.8, 4) is 5.75 Å². The fourth-order valence-corrected chi connectivity index (χ4v) is 5.62. The average molecular weight is 524 g/mol. The average Bonchev–Trinajstić information content (AvgIpc) is 2.76. The molecule has 2 aromatic rings. The van der Waals surface area contributed by atoms with Crippen LogP contribution in [0.25, 0.3) is 0 Å². The molecule has 0 saturated carbocycles. The number of benzene rings is 2. The molecule has 3 heteroatoms. The van der Waals surface area contributed by atoms with E-state index in [1.54, 1.807) is 0 Å². The summed E-state index contributed by atoms with van der Waals surface area (Å²) in [6.07, 6.45) is 13.7. The van der Waals surface area contributed by atoms with Crippen LogP contribution < -0.4 is 25.9 Å². The van der Waals surface area contributed by atoms with Gasteiger partial charge in [0.15, 0.2) is 7.14 Å². The second kappa shape index (κ2) is 15.7. The van der Waals surface area contributed by atoms with Gasteiger partial charge in [0, 0.05) is 0 Å². The summed E-state index contributed by atoms with van der Waals surface area (Å²) in [5.74, 6) is 0.855. The highest BCUT2D eigenvalue weighted by Gasteiger charge is 2.15. The molecule has 2 nitrogen and oxygen atoms in total. The molecule has 1 atom stereocenters. The maximum atomic E-state index is 10.2. The summed E-state index contributed by atoms with van der Waals surface area (Å²) in [4.78, 5) is 0. The van der Waals surface area contributed by atoms with E-state index >= 15 is 0 Å². The van der Waals surface area contributed by atoms with Gasteiger partial charge in [0.1, 0.15) is 12.4 Å². The molecule has 0 fully saturated rings. The minimum Gasteiger partial charge on any atom is -0.491 e. The van der Waals surface area contributed by atoms with E-state index in [1.165, 1.54) is 70.5 Å². The number of aryl methyl sites for hydroxylation is 1. The van der Waals surface area contributed by atoms with Crippen molar-refractivity contribution in [2.75, 3.05) is 6.61 Å². The lowest BCUT2D eigenvalue weighted by molar-refractivity contribution is -0.597. The Labute approximate surface area is 194 Å². The van der Waals surface area contributed by atoms with Gasteiger partial charge in [0.05, 0.1) is 6.10 Å². The molecule has 2 aromatic carbocycles. The number of rotatable bonds is 16. The van der Waals surface area contributed by atoms with E-state index in [4.69, 9.17) is 4.74 Å². The fourth-order valence-electron chi connectivity index (χ4n) is 3.46. The lowest BCUT2D eigenvalue weighted by atomic mass is 10.0. The van der Waals surface area contributed by atoms with Crippen molar-refractivity contribution in [3.05, 3.63) is 61.2 Å². The highest BCUT2D eigenvalue weighted by atomic mass is 127. The van der Waals surface area contributed by atoms with Crippen molar-refractivity contribution < 1.29 is 31.0 Å². The van der Waals surface area contributed by atoms with Gasteiger partial charge in [-0.1, -0.05) is 88.8 Å². The SMILES string of the molecule is CCCCCCCCCCCCC(O)COc1ccc([I+]c2ccc(C)cc2)cc1. The van der Waals surface area contributed by atoms with Crippen molar-refractivity contribution in [2.45, 2.75) is 90.6 Å². The summed E-state index contributed by atoms with van der Waals surface area (Å²) < 4.78 is 8.61. The minimum absolute atomic E-state index is 0.144. The Morgan fingerprint density at radius 2 is 1.23 bits per heavy atom. The molecule has 0 saturated heterocycles. The molecule has 0 aromatic heterocycles. The zero-order chi connectivity index (χ0) is 21.4. The predicted molar refractivity (Wildman–Crippen MR) is 123 cm³/mol. The topological polar surface area (TPSA) is 29.5 Å². The fraction of sp³-hybridized carbons (Fsp3) is 0.556. The second-order valence-corrected chi connectivity index (χ2v) is 11.3. The van der Waals surface area contributed by atoms with Gasteiger partial charge in [-0.05, 0) is 49.7 Å². The number of unbranched alkanes of at least 4 members (excludes halogenated alkanes) is 9. The van der Waals surface area contributed by atoms with Crippen molar-refractivity contribution in [3.63, 3.8) is 0 Å². The van der Waals surface area contributed by atoms with E-state index in [9.17, 15) is 5.11 Å². The molecule has 0 aliphatic heterocycles. The van der Waals surface area contributed by atoms with Gasteiger partial charge in [0.25, 0.3) is 0 Å². The Bertz CT molecular complexity index is 666. The number of ether oxygens (including phenoxy) is 1. The molecule has 30 heavy (non-hydrogen) atoms. The minimum atomic E-state index is -0.362. The Kier molecular flexibility index (Phi) is 13.2. The molecule has 1 unspecified atom stereocenters. The summed E-state index contributed by atoms with van der Waals surface area (Å²) >= 11 is -0.144. The van der Waals surface area contributed by atoms with Crippen LogP contribution in [-0.4, -0.2) is 17.8 Å². The number of hydrogen-bond acceptors (Lipinski definition) is 2. The Morgan fingerprint density at radius 3 is 1.80 bits per heavy atom. The van der Waals surface area contributed by atoms with E-state index in [0.717, 1.165) is 18.6 Å². The van der Waals surface area contributed by atoms with Crippen molar-refractivity contribution in [1.29, 1.82) is 0 Å². The van der Waals surface area contributed by atoms with Crippen molar-refractivity contribution in [1.82, 2.24) is 0 Å². The Hall–Kier alpha value is -1.07. The maximum absolute atomic E-state index is 10.2. The van der Waals surface area contributed by atoms with Gasteiger partial charge in [-0.2, -0.15) is 0 Å². The smallest absolute Gasteiger partial charge is 0.357 e. The molecule has 0 heterocycles. The first-order chi connectivity index (χ1) is 14.7. The normalized spacial score (nSPS) is 12.1. The van der Waals surface area contributed by atoms with Crippen LogP contribution in [0.2, 0.25) is 0 Å². The van der Waals surface area contributed by atoms with E-state index in [0.29, 0.717) is 6.61 Å². The molecule has 0 radical (unpaired) electrons. The van der Waals surface area contributed by atoms with Crippen LogP contribution in [0.3, 0.4) is 0 Å². The number of halogens is 1. The molecule has 1 N–H and O–H groups in total. The molecule has 0 amide bonds. The van der Waals surface area contributed by atoms with E-state index in [2.05, 4.69) is 50.2 Å². The predicted octanol–water partition coefficient (Wildman–Crippen LogP) is 4.17. The monoisotopic (exact) mass is 523 g/mol. The molecular formula is C27H40IO2+. The third kappa shape index (κ3) is 11.4. The first-order valence-corrected chi connectivity index (χ1v) is 14.0. The molecule has 166 valence electrons. The van der Waals surface area contributed by atoms with E-state index < -0.39 is 0 Å². The lowest BCUT2D eigenvalue weighted by Gasteiger charge is -2.12. The van der Waals surface area contributed by atoms with Gasteiger partial charge < -0.3 is 9.84 Å². The molecule has 0 spiro atoms. The molecule has 0 aliphatic rings. The van der Waals surface area contributed by atoms with Crippen LogP contribution in [0.1, 0.15) is 83.1 Å². The zero-order valence-corrected chi connectivity index (χ0v) is 21.1. The highest BCUT2D eigenvalue weighted by Crippen LogP contribution is 2.13. The number of aliphatic hydroxyl groups excluding tert-OH is 1. The van der Waals surface area contributed by atoms with Gasteiger partial charge in [-0.15, -0.1) is 0 Å². The number of hydrogen-bond donors (Lipinski definition) is 1. The summed E-state index contributed by atoms with van der Waals surface area (Å²) in [7, 11) is 0. The van der Waals surface area contributed by atoms with Gasteiger partial charge >= 0.3 is 21.2 Å². The van der Waals surface area contributed by atoms with Crippen LogP contribution in [-0.2, 0) is 0 Å². The summed E-state index contributed by atoms with van der Waals surface area (Å²) in [5.41, 5.74) is 1.31. The van der Waals surface area contributed by atoms with E-state index in [1.807, 2.05) is 12.1 Å². The maximum Gasteiger partial charge on any atom is 0.357 e. The summed E-state index contributed by atoms with van der Waals surface area (Å²) in [6.45, 7) is 4.78. The Balaban J connectivity index is 1.52. The second-order valence-electron chi connectivity index (χ2n) is 8.28. The lowest BCUT2D eigenvalue weighted by Crippen LogP contribution is -3.61. The summed E-state index contributed by atoms with van der Waals surface area (Å²) in [6, 6.07) is 17.2. The highest BCUT2D eigenvalue weighted by molar-refractivity contribution is 5.21. The van der Waals surface area contributed by atoms with Crippen LogP contribution in [0.15, 0.2) is 48.5 Å². The molecule has 0 bridgehead atoms. The van der Waals surface area contributed by atoms with Gasteiger partial charge in [-0.25, -0.2) is 0 Å². The van der Waals surface area contributed by atoms with Crippen molar-refractivity contribution >= 4 is 0 Å². The first-order valence-electron chi connectivity index (χ1n) is 11.8. The van der Waals surface area contributed by atoms with Crippen LogP contribution in [0.4, 0.5) is 0 Å². The van der Waals surface area contributed by atoms with Gasteiger partial charge in [-0.3, -0.25) is 0 Å². The van der Waals surface area contributed by atoms with Gasteiger partial charge in [0.2, 0.25) is 0 Å². The zero-order valence-electron chi connectivity index (χ0n) is 18.9. The number of aliphatic hydroxyl groups is 1. The van der Waals surface area contributed by atoms with Crippen LogP contribution in [0.5, 0.6) is 5.75 Å².